The number of fused-ring (bicyclic) bond motifs is 1. The minimum absolute atomic E-state index is 0.0187. The van der Waals surface area contributed by atoms with Gasteiger partial charge in [-0.3, -0.25) is 4.40 Å². The lowest BCUT2D eigenvalue weighted by atomic mass is 10.2. The monoisotopic (exact) mass is 367 g/mol. The van der Waals surface area contributed by atoms with Crippen LogP contribution in [0, 0.1) is 12.7 Å². The minimum Gasteiger partial charge on any atom is -0.279 e. The molecule has 0 amide bonds. The largest absolute Gasteiger partial charge is 0.279 e. The third kappa shape index (κ3) is 3.22. The molecule has 1 N–H and O–H groups in total. The van der Waals surface area contributed by atoms with E-state index in [1.54, 1.807) is 22.7 Å². The lowest BCUT2D eigenvalue weighted by Gasteiger charge is -2.10. The van der Waals surface area contributed by atoms with Gasteiger partial charge in [-0.25, -0.2) is 22.5 Å². The van der Waals surface area contributed by atoms with E-state index >= 15 is 0 Å². The zero-order valence-electron chi connectivity index (χ0n) is 13.6. The summed E-state index contributed by atoms with van der Waals surface area (Å²) in [6, 6.07) is 5.73. The normalized spacial score (nSPS) is 12.4. The molecule has 0 aliphatic heterocycles. The van der Waals surface area contributed by atoms with Crippen molar-refractivity contribution in [3.8, 4) is 0 Å². The first-order chi connectivity index (χ1) is 11.3. The Balaban J connectivity index is 1.97. The molecular formula is C16H18FN3O2S2. The molecule has 5 nitrogen and oxygen atoms in total. The summed E-state index contributed by atoms with van der Waals surface area (Å²) in [5.41, 5.74) is 1.24. The van der Waals surface area contributed by atoms with Gasteiger partial charge in [-0.05, 0) is 30.5 Å². The third-order valence-electron chi connectivity index (χ3n) is 3.60. The highest BCUT2D eigenvalue weighted by molar-refractivity contribution is 7.89. The molecular weight excluding hydrogens is 349 g/mol. The predicted molar refractivity (Wildman–Crippen MR) is 92.3 cm³/mol. The number of imidazole rings is 1. The molecule has 24 heavy (non-hydrogen) atoms. The maximum absolute atomic E-state index is 13.0. The fraction of sp³-hybridized carbons (Fsp3) is 0.312. The van der Waals surface area contributed by atoms with Crippen LogP contribution < -0.4 is 4.72 Å². The molecule has 0 bridgehead atoms. The summed E-state index contributed by atoms with van der Waals surface area (Å²) in [6.07, 6.45) is 1.78. The number of nitrogens with zero attached hydrogens (tertiary/aromatic N) is 2. The minimum atomic E-state index is -3.75. The van der Waals surface area contributed by atoms with E-state index in [2.05, 4.69) is 9.71 Å². The first-order valence-electron chi connectivity index (χ1n) is 7.50. The summed E-state index contributed by atoms with van der Waals surface area (Å²) in [7, 11) is -3.75. The standard InChI is InChI=1S/C16H18FN3O2S2/c1-10(2)14-15(20-9-11(3)23-16(20)19-14)24(21,22)18-8-12-4-6-13(17)7-5-12/h4-7,9-10,18H,8H2,1-3H3. The summed E-state index contributed by atoms with van der Waals surface area (Å²) in [5, 5.41) is 0.180. The Morgan fingerprint density at radius 2 is 1.96 bits per heavy atom. The van der Waals surface area contributed by atoms with E-state index in [0.29, 0.717) is 16.2 Å². The number of rotatable bonds is 5. The molecule has 128 valence electrons. The summed E-state index contributed by atoms with van der Waals surface area (Å²) in [4.78, 5) is 6.13. The van der Waals surface area contributed by atoms with Crippen LogP contribution in [0.15, 0.2) is 35.5 Å². The highest BCUT2D eigenvalue weighted by atomic mass is 32.2. The third-order valence-corrected chi connectivity index (χ3v) is 5.94. The number of benzene rings is 1. The van der Waals surface area contributed by atoms with Crippen LogP contribution in [0.1, 0.15) is 35.9 Å². The van der Waals surface area contributed by atoms with Crippen molar-refractivity contribution < 1.29 is 12.8 Å². The van der Waals surface area contributed by atoms with Crippen molar-refractivity contribution in [2.45, 2.75) is 38.3 Å². The van der Waals surface area contributed by atoms with Crippen molar-refractivity contribution in [2.24, 2.45) is 0 Å². The molecule has 0 atom stereocenters. The highest BCUT2D eigenvalue weighted by Crippen LogP contribution is 2.28. The lowest BCUT2D eigenvalue weighted by molar-refractivity contribution is 0.572. The SMILES string of the molecule is Cc1cn2c(S(=O)(=O)NCc3ccc(F)cc3)c(C(C)C)nc2s1. The topological polar surface area (TPSA) is 63.5 Å². The summed E-state index contributed by atoms with van der Waals surface area (Å²) in [5.74, 6) is -0.371. The fourth-order valence-electron chi connectivity index (χ4n) is 2.45. The molecule has 0 aliphatic carbocycles. The van der Waals surface area contributed by atoms with Crippen LogP contribution in [-0.2, 0) is 16.6 Å². The van der Waals surface area contributed by atoms with Crippen molar-refractivity contribution in [3.05, 3.63) is 52.4 Å². The number of hydrogen-bond donors (Lipinski definition) is 1. The molecule has 0 saturated carbocycles. The van der Waals surface area contributed by atoms with Gasteiger partial charge in [0.05, 0.1) is 5.69 Å². The van der Waals surface area contributed by atoms with Gasteiger partial charge in [-0.15, -0.1) is 11.3 Å². The Morgan fingerprint density at radius 3 is 2.58 bits per heavy atom. The second-order valence-corrected chi connectivity index (χ2v) is 8.80. The second kappa shape index (κ2) is 6.27. The Morgan fingerprint density at radius 1 is 1.29 bits per heavy atom. The van der Waals surface area contributed by atoms with Crippen LogP contribution in [0.25, 0.3) is 4.96 Å². The predicted octanol–water partition coefficient (Wildman–Crippen LogP) is 3.45. The number of aryl methyl sites for hydroxylation is 1. The van der Waals surface area contributed by atoms with Crippen molar-refractivity contribution >= 4 is 26.3 Å². The quantitative estimate of drug-likeness (QED) is 0.751. The molecule has 1 aromatic carbocycles. The van der Waals surface area contributed by atoms with Crippen LogP contribution in [0.2, 0.25) is 0 Å². The van der Waals surface area contributed by atoms with Crippen LogP contribution in [0.3, 0.4) is 0 Å². The molecule has 0 radical (unpaired) electrons. The van der Waals surface area contributed by atoms with E-state index in [1.165, 1.54) is 23.5 Å². The molecule has 2 heterocycles. The van der Waals surface area contributed by atoms with E-state index in [0.717, 1.165) is 4.88 Å². The summed E-state index contributed by atoms with van der Waals surface area (Å²) < 4.78 is 42.8. The first kappa shape index (κ1) is 17.1. The van der Waals surface area contributed by atoms with Crippen LogP contribution in [-0.4, -0.2) is 17.8 Å². The van der Waals surface area contributed by atoms with Gasteiger partial charge < -0.3 is 0 Å². The van der Waals surface area contributed by atoms with Crippen molar-refractivity contribution in [1.29, 1.82) is 0 Å². The number of thiazole rings is 1. The van der Waals surface area contributed by atoms with Gasteiger partial charge in [0.1, 0.15) is 5.82 Å². The Bertz CT molecular complexity index is 973. The summed E-state index contributed by atoms with van der Waals surface area (Å²) in [6.45, 7) is 5.84. The van der Waals surface area contributed by atoms with Gasteiger partial charge in [0.25, 0.3) is 10.0 Å². The van der Waals surface area contributed by atoms with E-state index in [-0.39, 0.29) is 23.3 Å². The molecule has 0 fully saturated rings. The maximum Gasteiger partial charge on any atom is 0.258 e. The molecule has 0 unspecified atom stereocenters. The molecule has 0 saturated heterocycles. The van der Waals surface area contributed by atoms with Crippen molar-refractivity contribution in [3.63, 3.8) is 0 Å². The van der Waals surface area contributed by atoms with Crippen LogP contribution >= 0.6 is 11.3 Å². The molecule has 8 heteroatoms. The number of nitrogens with one attached hydrogen (secondary N) is 1. The van der Waals surface area contributed by atoms with Gasteiger partial charge >= 0.3 is 0 Å². The van der Waals surface area contributed by atoms with E-state index < -0.39 is 10.0 Å². The van der Waals surface area contributed by atoms with Gasteiger partial charge in [0, 0.05) is 17.6 Å². The molecule has 3 rings (SSSR count). The molecule has 3 aromatic rings. The van der Waals surface area contributed by atoms with Gasteiger partial charge in [-0.2, -0.15) is 0 Å². The fourth-order valence-corrected chi connectivity index (χ4v) is 4.78. The Kier molecular flexibility index (Phi) is 4.46. The lowest BCUT2D eigenvalue weighted by Crippen LogP contribution is -2.25. The Labute approximate surface area is 144 Å². The molecule has 2 aromatic heterocycles. The van der Waals surface area contributed by atoms with Crippen LogP contribution in [0.5, 0.6) is 0 Å². The zero-order chi connectivity index (χ0) is 17.5. The van der Waals surface area contributed by atoms with E-state index in [4.69, 9.17) is 0 Å². The van der Waals surface area contributed by atoms with Gasteiger partial charge in [0.15, 0.2) is 9.99 Å². The average Bonchev–Trinajstić information content (AvgIpc) is 3.02. The van der Waals surface area contributed by atoms with Crippen molar-refractivity contribution in [1.82, 2.24) is 14.1 Å². The summed E-state index contributed by atoms with van der Waals surface area (Å²) >= 11 is 1.45. The van der Waals surface area contributed by atoms with Crippen LogP contribution in [0.4, 0.5) is 4.39 Å². The van der Waals surface area contributed by atoms with E-state index in [9.17, 15) is 12.8 Å². The number of hydrogen-bond acceptors (Lipinski definition) is 4. The highest BCUT2D eigenvalue weighted by Gasteiger charge is 2.27. The molecule has 0 aliphatic rings. The number of aromatic nitrogens is 2. The first-order valence-corrected chi connectivity index (χ1v) is 9.80. The average molecular weight is 367 g/mol. The van der Waals surface area contributed by atoms with Gasteiger partial charge in [-0.1, -0.05) is 26.0 Å². The second-order valence-electron chi connectivity index (χ2n) is 5.90. The molecule has 0 spiro atoms. The van der Waals surface area contributed by atoms with E-state index in [1.807, 2.05) is 20.8 Å². The smallest absolute Gasteiger partial charge is 0.258 e. The maximum atomic E-state index is 13.0. The zero-order valence-corrected chi connectivity index (χ0v) is 15.2. The van der Waals surface area contributed by atoms with Gasteiger partial charge in [0.2, 0.25) is 0 Å². The number of sulfonamides is 1. The van der Waals surface area contributed by atoms with Crippen molar-refractivity contribution in [2.75, 3.05) is 0 Å². The Hall–Kier alpha value is -1.77. The number of halogens is 1.